The maximum atomic E-state index is 12.4. The molecule has 0 aromatic heterocycles. The molecule has 0 radical (unpaired) electrons. The van der Waals surface area contributed by atoms with E-state index < -0.39 is 0 Å². The number of carbonyl (C=O) groups is 1. The highest BCUT2D eigenvalue weighted by atomic mass is 16.2. The first-order valence-electron chi connectivity index (χ1n) is 6.47. The molecule has 1 fully saturated rings. The van der Waals surface area contributed by atoms with Crippen molar-refractivity contribution in [3.05, 3.63) is 0 Å². The quantitative estimate of drug-likeness (QED) is 0.794. The van der Waals surface area contributed by atoms with Crippen LogP contribution in [0.2, 0.25) is 0 Å². The summed E-state index contributed by atoms with van der Waals surface area (Å²) in [5.41, 5.74) is 0. The molecule has 1 aliphatic heterocycles. The maximum Gasteiger partial charge on any atom is 0.227 e. The second-order valence-electron chi connectivity index (χ2n) is 5.62. The highest BCUT2D eigenvalue weighted by Crippen LogP contribution is 2.20. The Morgan fingerprint density at radius 3 is 2.38 bits per heavy atom. The number of rotatable bonds is 4. The topological polar surface area (TPSA) is 32.3 Å². The minimum absolute atomic E-state index is 0.182. The lowest BCUT2D eigenvalue weighted by molar-refractivity contribution is -0.138. The van der Waals surface area contributed by atoms with Gasteiger partial charge < -0.3 is 10.2 Å². The van der Waals surface area contributed by atoms with Crippen LogP contribution in [-0.2, 0) is 4.79 Å². The molecule has 1 amide bonds. The van der Waals surface area contributed by atoms with Crippen molar-refractivity contribution in [3.63, 3.8) is 0 Å². The molecule has 2 atom stereocenters. The minimum atomic E-state index is 0.182. The molecule has 1 aliphatic rings. The second-order valence-corrected chi connectivity index (χ2v) is 5.62. The molecule has 1 rings (SSSR count). The Hall–Kier alpha value is -0.570. The van der Waals surface area contributed by atoms with Crippen LogP contribution in [0.5, 0.6) is 0 Å². The Kier molecular flexibility index (Phi) is 4.78. The van der Waals surface area contributed by atoms with E-state index in [1.807, 2.05) is 4.90 Å². The van der Waals surface area contributed by atoms with E-state index in [1.54, 1.807) is 0 Å². The van der Waals surface area contributed by atoms with Crippen LogP contribution < -0.4 is 5.32 Å². The first kappa shape index (κ1) is 13.5. The fraction of sp³-hybridized carbons (Fsp3) is 0.923. The van der Waals surface area contributed by atoms with Crippen molar-refractivity contribution < 1.29 is 4.79 Å². The highest BCUT2D eigenvalue weighted by Gasteiger charge is 2.33. The lowest BCUT2D eigenvalue weighted by Gasteiger charge is -2.32. The normalized spacial score (nSPS) is 25.4. The summed E-state index contributed by atoms with van der Waals surface area (Å²) < 4.78 is 0. The average molecular weight is 226 g/mol. The molecule has 0 aromatic carbocycles. The molecule has 94 valence electrons. The third kappa shape index (κ3) is 3.21. The maximum absolute atomic E-state index is 12.4. The summed E-state index contributed by atoms with van der Waals surface area (Å²) in [6.45, 7) is 12.5. The summed E-state index contributed by atoms with van der Waals surface area (Å²) in [6, 6.07) is 0.642. The van der Waals surface area contributed by atoms with Gasteiger partial charge in [0.05, 0.1) is 5.92 Å². The van der Waals surface area contributed by atoms with E-state index in [2.05, 4.69) is 39.9 Å². The average Bonchev–Trinajstić information content (AvgIpc) is 2.59. The summed E-state index contributed by atoms with van der Waals surface area (Å²) in [7, 11) is 0. The molecule has 0 bridgehead atoms. The molecule has 0 spiro atoms. The molecule has 3 nitrogen and oxygen atoms in total. The van der Waals surface area contributed by atoms with Crippen LogP contribution in [0.1, 0.15) is 41.0 Å². The van der Waals surface area contributed by atoms with Gasteiger partial charge >= 0.3 is 0 Å². The number of hydrogen-bond acceptors (Lipinski definition) is 2. The first-order chi connectivity index (χ1) is 7.43. The van der Waals surface area contributed by atoms with Gasteiger partial charge in [0.15, 0.2) is 0 Å². The molecule has 0 aromatic rings. The molecular weight excluding hydrogens is 200 g/mol. The summed E-state index contributed by atoms with van der Waals surface area (Å²) in [4.78, 5) is 14.5. The number of hydrogen-bond donors (Lipinski definition) is 1. The van der Waals surface area contributed by atoms with Gasteiger partial charge in [-0.3, -0.25) is 4.79 Å². The third-order valence-corrected chi connectivity index (χ3v) is 3.31. The van der Waals surface area contributed by atoms with E-state index in [0.717, 1.165) is 19.5 Å². The van der Waals surface area contributed by atoms with Crippen molar-refractivity contribution in [2.24, 2.45) is 11.8 Å². The zero-order valence-corrected chi connectivity index (χ0v) is 11.3. The van der Waals surface area contributed by atoms with Crippen LogP contribution in [0, 0.1) is 11.8 Å². The van der Waals surface area contributed by atoms with E-state index >= 15 is 0 Å². The van der Waals surface area contributed by atoms with Crippen molar-refractivity contribution in [2.75, 3.05) is 13.1 Å². The lowest BCUT2D eigenvalue weighted by atomic mass is 9.99. The molecule has 2 unspecified atom stereocenters. The monoisotopic (exact) mass is 226 g/mol. The van der Waals surface area contributed by atoms with Gasteiger partial charge in [-0.25, -0.2) is 0 Å². The Labute approximate surface area is 99.6 Å². The van der Waals surface area contributed by atoms with Crippen molar-refractivity contribution in [1.82, 2.24) is 10.2 Å². The van der Waals surface area contributed by atoms with E-state index in [0.29, 0.717) is 23.9 Å². The van der Waals surface area contributed by atoms with E-state index in [9.17, 15) is 4.79 Å². The number of amides is 1. The van der Waals surface area contributed by atoms with Gasteiger partial charge in [0, 0.05) is 18.6 Å². The van der Waals surface area contributed by atoms with Crippen molar-refractivity contribution in [1.29, 1.82) is 0 Å². The van der Waals surface area contributed by atoms with Crippen LogP contribution in [0.4, 0.5) is 0 Å². The predicted octanol–water partition coefficient (Wildman–Crippen LogP) is 1.88. The van der Waals surface area contributed by atoms with Gasteiger partial charge in [0.2, 0.25) is 5.91 Å². The van der Waals surface area contributed by atoms with Crippen molar-refractivity contribution in [3.8, 4) is 0 Å². The minimum Gasteiger partial charge on any atom is -0.340 e. The summed E-state index contributed by atoms with van der Waals surface area (Å²) >= 11 is 0. The van der Waals surface area contributed by atoms with Crippen LogP contribution in [0.15, 0.2) is 0 Å². The summed E-state index contributed by atoms with van der Waals surface area (Å²) in [5.74, 6) is 1.05. The van der Waals surface area contributed by atoms with Gasteiger partial charge in [-0.15, -0.1) is 0 Å². The molecule has 1 heterocycles. The van der Waals surface area contributed by atoms with E-state index in [-0.39, 0.29) is 5.92 Å². The zero-order valence-electron chi connectivity index (χ0n) is 11.3. The molecular formula is C13H26N2O. The van der Waals surface area contributed by atoms with Gasteiger partial charge in [0.25, 0.3) is 0 Å². The lowest BCUT2D eigenvalue weighted by Crippen LogP contribution is -2.45. The fourth-order valence-electron chi connectivity index (χ4n) is 2.36. The standard InChI is InChI=1S/C13H26N2O/c1-9(2)8-15(10(3)4)13(16)12-6-7-14-11(12)5/h9-12,14H,6-8H2,1-5H3. The molecule has 3 heteroatoms. The smallest absolute Gasteiger partial charge is 0.227 e. The number of nitrogens with zero attached hydrogens (tertiary/aromatic N) is 1. The van der Waals surface area contributed by atoms with E-state index in [1.165, 1.54) is 0 Å². The summed E-state index contributed by atoms with van der Waals surface area (Å²) in [5, 5.41) is 3.35. The SMILES string of the molecule is CC(C)CN(C(=O)C1CCNC1C)C(C)C. The van der Waals surface area contributed by atoms with Crippen LogP contribution in [-0.4, -0.2) is 36.0 Å². The second kappa shape index (κ2) is 5.67. The molecule has 1 saturated heterocycles. The highest BCUT2D eigenvalue weighted by molar-refractivity contribution is 5.80. The number of nitrogens with one attached hydrogen (secondary N) is 1. The Morgan fingerprint density at radius 1 is 1.38 bits per heavy atom. The Morgan fingerprint density at radius 2 is 2.00 bits per heavy atom. The van der Waals surface area contributed by atoms with Crippen LogP contribution in [0.3, 0.4) is 0 Å². The molecule has 1 N–H and O–H groups in total. The van der Waals surface area contributed by atoms with Gasteiger partial charge in [0.1, 0.15) is 0 Å². The molecule has 16 heavy (non-hydrogen) atoms. The first-order valence-corrected chi connectivity index (χ1v) is 6.47. The number of carbonyl (C=O) groups excluding carboxylic acids is 1. The fourth-order valence-corrected chi connectivity index (χ4v) is 2.36. The summed E-state index contributed by atoms with van der Waals surface area (Å²) in [6.07, 6.45) is 0.987. The van der Waals surface area contributed by atoms with Gasteiger partial charge in [-0.05, 0) is 39.7 Å². The Balaban J connectivity index is 2.66. The zero-order chi connectivity index (χ0) is 12.3. The Bertz CT molecular complexity index is 238. The van der Waals surface area contributed by atoms with Gasteiger partial charge in [-0.1, -0.05) is 13.8 Å². The molecule has 0 saturated carbocycles. The van der Waals surface area contributed by atoms with Crippen molar-refractivity contribution >= 4 is 5.91 Å². The van der Waals surface area contributed by atoms with Gasteiger partial charge in [-0.2, -0.15) is 0 Å². The molecule has 0 aliphatic carbocycles. The predicted molar refractivity (Wildman–Crippen MR) is 67.3 cm³/mol. The van der Waals surface area contributed by atoms with Crippen LogP contribution in [0.25, 0.3) is 0 Å². The third-order valence-electron chi connectivity index (χ3n) is 3.31. The van der Waals surface area contributed by atoms with Crippen LogP contribution >= 0.6 is 0 Å². The largest absolute Gasteiger partial charge is 0.340 e. The van der Waals surface area contributed by atoms with Crippen molar-refractivity contribution in [2.45, 2.75) is 53.1 Å². The van der Waals surface area contributed by atoms with E-state index in [4.69, 9.17) is 0 Å².